The highest BCUT2D eigenvalue weighted by Crippen LogP contribution is 2.43. The minimum Gasteiger partial charge on any atom is -0.485 e. The van der Waals surface area contributed by atoms with Crippen LogP contribution in [0.5, 0.6) is 5.75 Å². The van der Waals surface area contributed by atoms with E-state index in [2.05, 4.69) is 6.07 Å². The van der Waals surface area contributed by atoms with Crippen molar-refractivity contribution < 1.29 is 14.6 Å². The van der Waals surface area contributed by atoms with Gasteiger partial charge in [-0.15, -0.1) is 0 Å². The molecular weight excluding hydrogens is 268 g/mol. The molecule has 2 unspecified atom stereocenters. The van der Waals surface area contributed by atoms with Crippen molar-refractivity contribution in [3.8, 4) is 11.8 Å². The SMILES string of the molecule is CCN(C(C)=O)C1c2cc(C#N)ccc2OC(C)(C)C1O. The highest BCUT2D eigenvalue weighted by molar-refractivity contribution is 5.74. The third-order valence-corrected chi connectivity index (χ3v) is 3.92. The number of likely N-dealkylation sites (N-methyl/N-ethyl adjacent to an activating group) is 1. The molecule has 1 aliphatic rings. The fourth-order valence-electron chi connectivity index (χ4n) is 2.79. The Kier molecular flexibility index (Phi) is 3.93. The van der Waals surface area contributed by atoms with Gasteiger partial charge in [0.15, 0.2) is 0 Å². The third-order valence-electron chi connectivity index (χ3n) is 3.92. The van der Waals surface area contributed by atoms with Crippen molar-refractivity contribution >= 4 is 5.91 Å². The monoisotopic (exact) mass is 288 g/mol. The normalized spacial score (nSPS) is 22.7. The van der Waals surface area contributed by atoms with Gasteiger partial charge in [-0.3, -0.25) is 4.79 Å². The molecule has 0 fully saturated rings. The summed E-state index contributed by atoms with van der Waals surface area (Å²) in [6.07, 6.45) is -0.872. The highest BCUT2D eigenvalue weighted by Gasteiger charge is 2.45. The second-order valence-corrected chi connectivity index (χ2v) is 5.76. The molecule has 1 aromatic carbocycles. The Balaban J connectivity index is 2.61. The van der Waals surface area contributed by atoms with E-state index in [0.717, 1.165) is 0 Å². The molecule has 1 N–H and O–H groups in total. The average Bonchev–Trinajstić information content (AvgIpc) is 2.42. The van der Waals surface area contributed by atoms with Crippen LogP contribution in [-0.4, -0.2) is 34.2 Å². The van der Waals surface area contributed by atoms with E-state index in [1.807, 2.05) is 6.92 Å². The summed E-state index contributed by atoms with van der Waals surface area (Å²) in [5, 5.41) is 19.7. The number of rotatable bonds is 2. The lowest BCUT2D eigenvalue weighted by Gasteiger charge is -2.46. The molecule has 0 saturated carbocycles. The maximum Gasteiger partial charge on any atom is 0.220 e. The number of amides is 1. The predicted octanol–water partition coefficient (Wildman–Crippen LogP) is 2.00. The number of ether oxygens (including phenoxy) is 1. The van der Waals surface area contributed by atoms with Crippen molar-refractivity contribution in [2.45, 2.75) is 45.4 Å². The van der Waals surface area contributed by atoms with Crippen LogP contribution in [0.3, 0.4) is 0 Å². The number of nitrogens with zero attached hydrogens (tertiary/aromatic N) is 2. The molecule has 1 heterocycles. The van der Waals surface area contributed by atoms with Gasteiger partial charge in [-0.25, -0.2) is 0 Å². The lowest BCUT2D eigenvalue weighted by atomic mass is 9.85. The number of aliphatic hydroxyl groups excluding tert-OH is 1. The number of fused-ring (bicyclic) bond motifs is 1. The highest BCUT2D eigenvalue weighted by atomic mass is 16.5. The summed E-state index contributed by atoms with van der Waals surface area (Å²) in [6.45, 7) is 7.40. The predicted molar refractivity (Wildman–Crippen MR) is 77.7 cm³/mol. The largest absolute Gasteiger partial charge is 0.485 e. The number of carbonyl (C=O) groups excluding carboxylic acids is 1. The topological polar surface area (TPSA) is 73.6 Å². The van der Waals surface area contributed by atoms with Crippen LogP contribution < -0.4 is 4.74 Å². The molecule has 1 amide bonds. The smallest absolute Gasteiger partial charge is 0.220 e. The van der Waals surface area contributed by atoms with Crippen molar-refractivity contribution in [3.05, 3.63) is 29.3 Å². The Morgan fingerprint density at radius 3 is 2.71 bits per heavy atom. The first kappa shape index (κ1) is 15.3. The maximum atomic E-state index is 11.9. The molecule has 5 heteroatoms. The van der Waals surface area contributed by atoms with Crippen molar-refractivity contribution in [3.63, 3.8) is 0 Å². The van der Waals surface area contributed by atoms with E-state index in [0.29, 0.717) is 23.4 Å². The van der Waals surface area contributed by atoms with Crippen LogP contribution in [0.15, 0.2) is 18.2 Å². The molecule has 0 spiro atoms. The van der Waals surface area contributed by atoms with Crippen molar-refractivity contribution in [1.29, 1.82) is 5.26 Å². The maximum absolute atomic E-state index is 11.9. The Bertz CT molecular complexity index is 604. The van der Waals surface area contributed by atoms with Crippen LogP contribution in [0.4, 0.5) is 0 Å². The van der Waals surface area contributed by atoms with Crippen LogP contribution in [0.2, 0.25) is 0 Å². The van der Waals surface area contributed by atoms with E-state index in [9.17, 15) is 9.90 Å². The van der Waals surface area contributed by atoms with Gasteiger partial charge < -0.3 is 14.7 Å². The van der Waals surface area contributed by atoms with Gasteiger partial charge in [0.05, 0.1) is 17.7 Å². The first-order valence-corrected chi connectivity index (χ1v) is 7.00. The number of benzene rings is 1. The minimum atomic E-state index is -0.872. The van der Waals surface area contributed by atoms with Gasteiger partial charge in [0.25, 0.3) is 0 Å². The number of hydrogen-bond donors (Lipinski definition) is 1. The number of nitriles is 1. The summed E-state index contributed by atoms with van der Waals surface area (Å²) in [6, 6.07) is 6.65. The molecule has 21 heavy (non-hydrogen) atoms. The van der Waals surface area contributed by atoms with Crippen LogP contribution in [0.1, 0.15) is 44.9 Å². The number of hydrogen-bond acceptors (Lipinski definition) is 4. The van der Waals surface area contributed by atoms with Gasteiger partial charge in [-0.2, -0.15) is 5.26 Å². The summed E-state index contributed by atoms with van der Waals surface area (Å²) in [5.74, 6) is 0.488. The standard InChI is InChI=1S/C16H20N2O3/c1-5-18(10(2)19)14-12-8-11(9-17)6-7-13(12)21-16(3,4)15(14)20/h6-8,14-15,20H,5H2,1-4H3. The zero-order chi connectivity index (χ0) is 15.8. The zero-order valence-corrected chi connectivity index (χ0v) is 12.8. The molecule has 5 nitrogen and oxygen atoms in total. The molecule has 0 bridgehead atoms. The van der Waals surface area contributed by atoms with E-state index in [-0.39, 0.29) is 5.91 Å². The quantitative estimate of drug-likeness (QED) is 0.903. The van der Waals surface area contributed by atoms with Crippen LogP contribution in [0.25, 0.3) is 0 Å². The van der Waals surface area contributed by atoms with Crippen molar-refractivity contribution in [2.24, 2.45) is 0 Å². The van der Waals surface area contributed by atoms with Crippen molar-refractivity contribution in [2.75, 3.05) is 6.54 Å². The van der Waals surface area contributed by atoms with Gasteiger partial charge in [0.2, 0.25) is 5.91 Å². The van der Waals surface area contributed by atoms with E-state index in [4.69, 9.17) is 10.00 Å². The number of carbonyl (C=O) groups is 1. The Morgan fingerprint density at radius 2 is 2.19 bits per heavy atom. The van der Waals surface area contributed by atoms with Gasteiger partial charge in [-0.1, -0.05) is 0 Å². The average molecular weight is 288 g/mol. The second kappa shape index (κ2) is 5.38. The number of aliphatic hydroxyl groups is 1. The van der Waals surface area contributed by atoms with Crippen molar-refractivity contribution in [1.82, 2.24) is 4.90 Å². The van der Waals surface area contributed by atoms with Crippen LogP contribution >= 0.6 is 0 Å². The summed E-state index contributed by atoms with van der Waals surface area (Å²) in [7, 11) is 0. The van der Waals surface area contributed by atoms with Gasteiger partial charge >= 0.3 is 0 Å². The van der Waals surface area contributed by atoms with E-state index in [1.54, 1.807) is 36.9 Å². The van der Waals surface area contributed by atoms with E-state index in [1.165, 1.54) is 6.92 Å². The first-order valence-electron chi connectivity index (χ1n) is 7.00. The summed E-state index contributed by atoms with van der Waals surface area (Å²) < 4.78 is 5.84. The van der Waals surface area contributed by atoms with E-state index >= 15 is 0 Å². The molecule has 0 aromatic heterocycles. The molecule has 1 aliphatic heterocycles. The van der Waals surface area contributed by atoms with E-state index < -0.39 is 17.7 Å². The first-order chi connectivity index (χ1) is 9.81. The third kappa shape index (κ3) is 2.59. The summed E-state index contributed by atoms with van der Waals surface area (Å²) >= 11 is 0. The Hall–Kier alpha value is -2.06. The fourth-order valence-corrected chi connectivity index (χ4v) is 2.79. The summed E-state index contributed by atoms with van der Waals surface area (Å²) in [5.41, 5.74) is 0.348. The minimum absolute atomic E-state index is 0.118. The summed E-state index contributed by atoms with van der Waals surface area (Å²) in [4.78, 5) is 13.5. The lowest BCUT2D eigenvalue weighted by Crippen LogP contribution is -2.54. The molecule has 1 aromatic rings. The Labute approximate surface area is 124 Å². The van der Waals surface area contributed by atoms with Gasteiger partial charge in [-0.05, 0) is 39.0 Å². The van der Waals surface area contributed by atoms with Gasteiger partial charge in [0.1, 0.15) is 17.5 Å². The molecular formula is C16H20N2O3. The second-order valence-electron chi connectivity index (χ2n) is 5.76. The lowest BCUT2D eigenvalue weighted by molar-refractivity contribution is -0.142. The van der Waals surface area contributed by atoms with Crippen LogP contribution in [0, 0.1) is 11.3 Å². The molecule has 2 rings (SSSR count). The molecule has 0 radical (unpaired) electrons. The fraction of sp³-hybridized carbons (Fsp3) is 0.500. The van der Waals surface area contributed by atoms with Crippen LogP contribution in [-0.2, 0) is 4.79 Å². The molecule has 112 valence electrons. The Morgan fingerprint density at radius 1 is 1.52 bits per heavy atom. The molecule has 0 aliphatic carbocycles. The zero-order valence-electron chi connectivity index (χ0n) is 12.8. The molecule has 2 atom stereocenters. The molecule has 0 saturated heterocycles. The van der Waals surface area contributed by atoms with Gasteiger partial charge in [0, 0.05) is 19.0 Å².